The van der Waals surface area contributed by atoms with Crippen molar-refractivity contribution in [2.24, 2.45) is 0 Å². The summed E-state index contributed by atoms with van der Waals surface area (Å²) in [6, 6.07) is 0. The Morgan fingerprint density at radius 2 is 0.476 bits per heavy atom. The number of hydrogen-bond donors (Lipinski definition) is 0. The third kappa shape index (κ3) is 67.1. The lowest BCUT2D eigenvalue weighted by Crippen LogP contribution is -2.30. The van der Waals surface area contributed by atoms with Crippen LogP contribution in [0.15, 0.2) is 97.2 Å². The lowest BCUT2D eigenvalue weighted by Gasteiger charge is -2.18. The summed E-state index contributed by atoms with van der Waals surface area (Å²) in [6.45, 7) is 6.55. The second kappa shape index (κ2) is 69.8. The van der Waals surface area contributed by atoms with Gasteiger partial charge in [-0.05, 0) is 103 Å². The molecule has 472 valence electrons. The molecule has 0 saturated carbocycles. The average Bonchev–Trinajstić information content (AvgIpc) is 3.48. The Morgan fingerprint density at radius 1 is 0.256 bits per heavy atom. The van der Waals surface area contributed by atoms with Crippen molar-refractivity contribution in [1.82, 2.24) is 0 Å². The summed E-state index contributed by atoms with van der Waals surface area (Å²) in [5.41, 5.74) is 0. The molecule has 1 unspecified atom stereocenters. The summed E-state index contributed by atoms with van der Waals surface area (Å²) >= 11 is 0. The van der Waals surface area contributed by atoms with Crippen molar-refractivity contribution in [3.05, 3.63) is 97.2 Å². The molecule has 0 radical (unpaired) electrons. The van der Waals surface area contributed by atoms with E-state index < -0.39 is 6.10 Å². The maximum atomic E-state index is 12.9. The molecule has 0 aromatic heterocycles. The molecule has 0 aromatic rings. The van der Waals surface area contributed by atoms with Crippen molar-refractivity contribution in [3.63, 3.8) is 0 Å². The Labute approximate surface area is 508 Å². The second-order valence-corrected chi connectivity index (χ2v) is 23.4. The van der Waals surface area contributed by atoms with Gasteiger partial charge < -0.3 is 14.2 Å². The highest BCUT2D eigenvalue weighted by Crippen LogP contribution is 2.17. The van der Waals surface area contributed by atoms with E-state index in [0.717, 1.165) is 103 Å². The number of hydrogen-bond acceptors (Lipinski definition) is 6. The minimum atomic E-state index is -0.778. The van der Waals surface area contributed by atoms with Gasteiger partial charge in [-0.3, -0.25) is 14.4 Å². The van der Waals surface area contributed by atoms with Gasteiger partial charge in [0, 0.05) is 19.3 Å². The first-order chi connectivity index (χ1) is 40.5. The number of carbonyl (C=O) groups is 3. The van der Waals surface area contributed by atoms with Crippen molar-refractivity contribution >= 4 is 17.9 Å². The number of ether oxygens (including phenoxy) is 3. The number of esters is 3. The van der Waals surface area contributed by atoms with Crippen LogP contribution in [-0.4, -0.2) is 37.2 Å². The molecule has 0 saturated heterocycles. The summed E-state index contributed by atoms with van der Waals surface area (Å²) < 4.78 is 16.9. The summed E-state index contributed by atoms with van der Waals surface area (Å²) in [4.78, 5) is 38.3. The molecule has 6 nitrogen and oxygen atoms in total. The van der Waals surface area contributed by atoms with Gasteiger partial charge in [-0.25, -0.2) is 0 Å². The normalized spacial score (nSPS) is 12.7. The molecular formula is C76H132O6. The molecule has 0 heterocycles. The highest BCUT2D eigenvalue weighted by atomic mass is 16.6. The standard InChI is InChI=1S/C76H132O6/c1-4-7-10-13-16-19-22-24-26-28-30-32-33-34-35-36-37-38-39-40-41-42-43-45-46-48-50-52-54-57-60-63-66-69-75(78)81-72-73(71-80-74(77)68-65-62-59-56-21-18-15-12-9-6-3)82-76(79)70-67-64-61-58-55-53-51-49-47-44-31-29-27-25-23-20-17-14-11-8-5-2/h7,10,16,19,24,26,29-32,34-35,37-38,40-41,73H,4-6,8-9,11-15,17-18,20-23,25,27-28,33,36,39,42-72H2,1-3H3/b10-7-,19-16-,26-24-,31-29-,32-30-,35-34-,38-37-,41-40-. The molecule has 0 spiro atoms. The van der Waals surface area contributed by atoms with E-state index in [1.165, 1.54) is 205 Å². The van der Waals surface area contributed by atoms with E-state index in [0.29, 0.717) is 19.3 Å². The van der Waals surface area contributed by atoms with E-state index in [4.69, 9.17) is 14.2 Å². The molecule has 0 fully saturated rings. The number of allylic oxidation sites excluding steroid dienone is 16. The SMILES string of the molecule is CC/C=C\C/C=C\C/C=C\C/C=C\C/C=C\C/C=C\C/C=C\CCCCCCCCCCCCCC(=O)OCC(COC(=O)CCCCCCCCCCCC)OC(=O)CCCCCCCCCCC/C=C\CCCCCCCCCC. The van der Waals surface area contributed by atoms with Crippen LogP contribution in [0.25, 0.3) is 0 Å². The average molecular weight is 1140 g/mol. The zero-order chi connectivity index (χ0) is 59.2. The van der Waals surface area contributed by atoms with Gasteiger partial charge in [-0.2, -0.15) is 0 Å². The Bertz CT molecular complexity index is 1590. The highest BCUT2D eigenvalue weighted by molar-refractivity contribution is 5.71. The fourth-order valence-electron chi connectivity index (χ4n) is 10.1. The molecule has 0 rings (SSSR count). The molecule has 0 N–H and O–H groups in total. The number of rotatable bonds is 64. The quantitative estimate of drug-likeness (QED) is 0.0261. The van der Waals surface area contributed by atoms with Crippen molar-refractivity contribution in [2.75, 3.05) is 13.2 Å². The van der Waals surface area contributed by atoms with Gasteiger partial charge in [0.15, 0.2) is 6.10 Å². The van der Waals surface area contributed by atoms with Crippen LogP contribution in [0, 0.1) is 0 Å². The number of unbranched alkanes of at least 4 members (excludes halogenated alkanes) is 37. The van der Waals surface area contributed by atoms with Gasteiger partial charge in [0.2, 0.25) is 0 Å². The molecule has 0 aromatic carbocycles. The lowest BCUT2D eigenvalue weighted by molar-refractivity contribution is -0.167. The smallest absolute Gasteiger partial charge is 0.306 e. The first-order valence-electron chi connectivity index (χ1n) is 35.2. The van der Waals surface area contributed by atoms with Gasteiger partial charge in [0.1, 0.15) is 13.2 Å². The van der Waals surface area contributed by atoms with Crippen LogP contribution in [0.3, 0.4) is 0 Å². The van der Waals surface area contributed by atoms with Gasteiger partial charge in [-0.1, -0.05) is 323 Å². The van der Waals surface area contributed by atoms with Crippen LogP contribution in [0.4, 0.5) is 0 Å². The first kappa shape index (κ1) is 78.3. The fourth-order valence-corrected chi connectivity index (χ4v) is 10.1. The molecule has 0 bridgehead atoms. The van der Waals surface area contributed by atoms with E-state index in [9.17, 15) is 14.4 Å². The summed E-state index contributed by atoms with van der Waals surface area (Å²) in [7, 11) is 0. The molecular weight excluding hydrogens is 1010 g/mol. The van der Waals surface area contributed by atoms with E-state index >= 15 is 0 Å². The zero-order valence-electron chi connectivity index (χ0n) is 54.2. The van der Waals surface area contributed by atoms with Gasteiger partial charge >= 0.3 is 17.9 Å². The molecule has 0 amide bonds. The van der Waals surface area contributed by atoms with Gasteiger partial charge in [0.05, 0.1) is 0 Å². The minimum absolute atomic E-state index is 0.0745. The maximum absolute atomic E-state index is 12.9. The van der Waals surface area contributed by atoms with Crippen LogP contribution in [0.5, 0.6) is 0 Å². The van der Waals surface area contributed by atoms with Crippen molar-refractivity contribution in [1.29, 1.82) is 0 Å². The third-order valence-electron chi connectivity index (χ3n) is 15.3. The van der Waals surface area contributed by atoms with Crippen molar-refractivity contribution in [2.45, 2.75) is 354 Å². The number of carbonyl (C=O) groups excluding carboxylic acids is 3. The van der Waals surface area contributed by atoms with E-state index in [1.807, 2.05) is 0 Å². The molecule has 0 aliphatic rings. The summed E-state index contributed by atoms with van der Waals surface area (Å²) in [5, 5.41) is 0. The Hall–Kier alpha value is -3.67. The lowest BCUT2D eigenvalue weighted by atomic mass is 10.0. The minimum Gasteiger partial charge on any atom is -0.462 e. The first-order valence-corrected chi connectivity index (χ1v) is 35.2. The third-order valence-corrected chi connectivity index (χ3v) is 15.3. The second-order valence-electron chi connectivity index (χ2n) is 23.4. The Morgan fingerprint density at radius 3 is 0.756 bits per heavy atom. The van der Waals surface area contributed by atoms with E-state index in [2.05, 4.69) is 118 Å². The Balaban J connectivity index is 4.18. The molecule has 82 heavy (non-hydrogen) atoms. The predicted octanol–water partition coefficient (Wildman–Crippen LogP) is 24.4. The monoisotopic (exact) mass is 1140 g/mol. The van der Waals surface area contributed by atoms with Crippen LogP contribution >= 0.6 is 0 Å². The zero-order valence-corrected chi connectivity index (χ0v) is 54.2. The van der Waals surface area contributed by atoms with Crippen LogP contribution < -0.4 is 0 Å². The van der Waals surface area contributed by atoms with E-state index in [-0.39, 0.29) is 31.1 Å². The van der Waals surface area contributed by atoms with Gasteiger partial charge in [0.25, 0.3) is 0 Å². The van der Waals surface area contributed by atoms with Crippen LogP contribution in [0.1, 0.15) is 348 Å². The molecule has 1 atom stereocenters. The summed E-state index contributed by atoms with van der Waals surface area (Å²) in [5.74, 6) is -0.866. The van der Waals surface area contributed by atoms with E-state index in [1.54, 1.807) is 0 Å². The highest BCUT2D eigenvalue weighted by Gasteiger charge is 2.19. The Kier molecular flexibility index (Phi) is 66.7. The predicted molar refractivity (Wildman–Crippen MR) is 357 cm³/mol. The molecule has 0 aliphatic carbocycles. The maximum Gasteiger partial charge on any atom is 0.306 e. The van der Waals surface area contributed by atoms with Gasteiger partial charge in [-0.15, -0.1) is 0 Å². The summed E-state index contributed by atoms with van der Waals surface area (Å²) in [6.07, 6.45) is 94.4. The molecule has 0 aliphatic heterocycles. The van der Waals surface area contributed by atoms with Crippen LogP contribution in [-0.2, 0) is 28.6 Å². The largest absolute Gasteiger partial charge is 0.462 e. The fraction of sp³-hybridized carbons (Fsp3) is 0.750. The van der Waals surface area contributed by atoms with Crippen molar-refractivity contribution in [3.8, 4) is 0 Å². The topological polar surface area (TPSA) is 78.9 Å². The van der Waals surface area contributed by atoms with Crippen LogP contribution in [0.2, 0.25) is 0 Å². The van der Waals surface area contributed by atoms with Crippen molar-refractivity contribution < 1.29 is 28.6 Å². The molecule has 6 heteroatoms.